The van der Waals surface area contributed by atoms with Gasteiger partial charge in [-0.05, 0) is 122 Å². The van der Waals surface area contributed by atoms with Crippen molar-refractivity contribution < 1.29 is 42.9 Å². The smallest absolute Gasteiger partial charge is 0.306 e. The zero-order valence-corrected chi connectivity index (χ0v) is 54.7. The van der Waals surface area contributed by atoms with Crippen LogP contribution in [0.4, 0.5) is 0 Å². The van der Waals surface area contributed by atoms with Gasteiger partial charge in [0.25, 0.3) is 0 Å². The highest BCUT2D eigenvalue weighted by Gasteiger charge is 2.22. The second kappa shape index (κ2) is 64.9. The Morgan fingerprint density at radius 2 is 0.635 bits per heavy atom. The molecule has 0 saturated heterocycles. The van der Waals surface area contributed by atoms with Crippen molar-refractivity contribution in [1.29, 1.82) is 0 Å². The van der Waals surface area contributed by atoms with Gasteiger partial charge in [-0.2, -0.15) is 0 Å². The molecule has 9 nitrogen and oxygen atoms in total. The molecule has 0 bridgehead atoms. The molecule has 2 unspecified atom stereocenters. The number of rotatable bonds is 60. The van der Waals surface area contributed by atoms with E-state index < -0.39 is 24.3 Å². The molecule has 0 saturated carbocycles. The number of carbonyl (C=O) groups is 3. The number of esters is 2. The minimum atomic E-state index is -1.64. The SMILES string of the molecule is CC/C=C\C/C=C\C/C=C\C/C=C\C/C=C\C/C=C\C/C=C\CCCCCC(=O)OC(COC(=O)CCCCCCCCCCCCCCCCCC/C=C\C/C=C\C/C=C\C/C=C\C/C=C\C/C=C\CC)COC(OCC[N+](C)(C)C)C(=O)[O-]. The summed E-state index contributed by atoms with van der Waals surface area (Å²) in [6.07, 6.45) is 93.2. The first-order valence-corrected chi connectivity index (χ1v) is 33.6. The Kier molecular flexibility index (Phi) is 61.0. The minimum Gasteiger partial charge on any atom is -0.545 e. The van der Waals surface area contributed by atoms with Crippen LogP contribution in [0, 0.1) is 0 Å². The van der Waals surface area contributed by atoms with Crippen LogP contribution < -0.4 is 5.11 Å². The van der Waals surface area contributed by atoms with Gasteiger partial charge in [0.15, 0.2) is 12.4 Å². The van der Waals surface area contributed by atoms with Crippen molar-refractivity contribution in [1.82, 2.24) is 0 Å². The Morgan fingerprint density at radius 1 is 0.353 bits per heavy atom. The number of hydrogen-bond acceptors (Lipinski definition) is 8. The molecule has 0 heterocycles. The molecule has 0 aromatic heterocycles. The van der Waals surface area contributed by atoms with Crippen LogP contribution in [0.15, 0.2) is 158 Å². The maximum Gasteiger partial charge on any atom is 0.306 e. The molecular formula is C76H123NO8. The number of carboxylic acids is 1. The molecule has 0 aliphatic heterocycles. The van der Waals surface area contributed by atoms with Crippen molar-refractivity contribution in [2.45, 2.75) is 257 Å². The average Bonchev–Trinajstić information content (AvgIpc) is 3.49. The van der Waals surface area contributed by atoms with Gasteiger partial charge in [0.2, 0.25) is 0 Å². The first kappa shape index (κ1) is 79.9. The number of allylic oxidation sites excluding steroid dienone is 26. The summed E-state index contributed by atoms with van der Waals surface area (Å²) in [5.41, 5.74) is 0. The number of carbonyl (C=O) groups excluding carboxylic acids is 3. The molecule has 9 heteroatoms. The van der Waals surface area contributed by atoms with Gasteiger partial charge in [0.05, 0.1) is 40.3 Å². The number of aliphatic carboxylic acids is 1. The van der Waals surface area contributed by atoms with Crippen LogP contribution in [0.25, 0.3) is 0 Å². The lowest BCUT2D eigenvalue weighted by Gasteiger charge is -2.26. The normalized spacial score (nSPS) is 13.8. The lowest BCUT2D eigenvalue weighted by atomic mass is 10.0. The van der Waals surface area contributed by atoms with E-state index in [2.05, 4.69) is 172 Å². The molecule has 0 spiro atoms. The first-order valence-electron chi connectivity index (χ1n) is 33.6. The van der Waals surface area contributed by atoms with Crippen molar-refractivity contribution in [3.05, 3.63) is 158 Å². The molecule has 0 rings (SSSR count). The third-order valence-corrected chi connectivity index (χ3v) is 13.8. The van der Waals surface area contributed by atoms with Gasteiger partial charge in [-0.25, -0.2) is 0 Å². The summed E-state index contributed by atoms with van der Waals surface area (Å²) in [5, 5.41) is 11.8. The van der Waals surface area contributed by atoms with Crippen molar-refractivity contribution >= 4 is 17.9 Å². The number of quaternary nitrogens is 1. The van der Waals surface area contributed by atoms with E-state index in [0.29, 0.717) is 17.4 Å². The van der Waals surface area contributed by atoms with Crippen LogP contribution >= 0.6 is 0 Å². The van der Waals surface area contributed by atoms with Crippen molar-refractivity contribution in [2.24, 2.45) is 0 Å². The van der Waals surface area contributed by atoms with E-state index in [1.54, 1.807) is 0 Å². The van der Waals surface area contributed by atoms with Gasteiger partial charge in [-0.3, -0.25) is 9.59 Å². The molecule has 0 amide bonds. The number of likely N-dealkylation sites (N-methyl/N-ethyl adjacent to an activating group) is 1. The van der Waals surface area contributed by atoms with Crippen LogP contribution in [0.1, 0.15) is 245 Å². The Labute approximate surface area is 521 Å². The summed E-state index contributed by atoms with van der Waals surface area (Å²) in [4.78, 5) is 37.4. The summed E-state index contributed by atoms with van der Waals surface area (Å²) >= 11 is 0. The van der Waals surface area contributed by atoms with Crippen molar-refractivity contribution in [3.8, 4) is 0 Å². The van der Waals surface area contributed by atoms with E-state index in [9.17, 15) is 19.5 Å². The fourth-order valence-corrected chi connectivity index (χ4v) is 8.70. The Bertz CT molecular complexity index is 1950. The van der Waals surface area contributed by atoms with Gasteiger partial charge in [-0.1, -0.05) is 268 Å². The second-order valence-corrected chi connectivity index (χ2v) is 23.0. The highest BCUT2D eigenvalue weighted by atomic mass is 16.7. The molecule has 480 valence electrons. The molecule has 0 radical (unpaired) electrons. The molecular weight excluding hydrogens is 1050 g/mol. The summed E-state index contributed by atoms with van der Waals surface area (Å²) in [5.74, 6) is -2.34. The molecule has 0 aromatic carbocycles. The fourth-order valence-electron chi connectivity index (χ4n) is 8.70. The van der Waals surface area contributed by atoms with Gasteiger partial charge in [0.1, 0.15) is 13.2 Å². The third kappa shape index (κ3) is 66.3. The van der Waals surface area contributed by atoms with E-state index in [0.717, 1.165) is 122 Å². The van der Waals surface area contributed by atoms with Crippen LogP contribution in [-0.4, -0.2) is 82.3 Å². The summed E-state index contributed by atoms with van der Waals surface area (Å²) < 4.78 is 22.7. The maximum atomic E-state index is 12.9. The summed E-state index contributed by atoms with van der Waals surface area (Å²) in [6.45, 7) is 4.47. The van der Waals surface area contributed by atoms with Gasteiger partial charge in [-0.15, -0.1) is 0 Å². The molecule has 0 aromatic rings. The van der Waals surface area contributed by atoms with E-state index in [1.165, 1.54) is 89.9 Å². The third-order valence-electron chi connectivity index (χ3n) is 13.8. The number of ether oxygens (including phenoxy) is 4. The monoisotopic (exact) mass is 1180 g/mol. The highest BCUT2D eigenvalue weighted by Crippen LogP contribution is 2.16. The highest BCUT2D eigenvalue weighted by molar-refractivity contribution is 5.70. The fraction of sp³-hybridized carbons (Fsp3) is 0.618. The van der Waals surface area contributed by atoms with Crippen LogP contribution in [0.5, 0.6) is 0 Å². The molecule has 0 fully saturated rings. The Morgan fingerprint density at radius 3 is 0.953 bits per heavy atom. The van der Waals surface area contributed by atoms with Crippen molar-refractivity contribution in [3.63, 3.8) is 0 Å². The Balaban J connectivity index is 4.20. The predicted octanol–water partition coefficient (Wildman–Crippen LogP) is 19.6. The Hall–Kier alpha value is -5.09. The lowest BCUT2D eigenvalue weighted by Crippen LogP contribution is -2.44. The molecule has 0 aliphatic rings. The van der Waals surface area contributed by atoms with E-state index in [1.807, 2.05) is 21.1 Å². The van der Waals surface area contributed by atoms with E-state index in [4.69, 9.17) is 18.9 Å². The zero-order chi connectivity index (χ0) is 61.9. The summed E-state index contributed by atoms with van der Waals surface area (Å²) in [7, 11) is 5.91. The molecule has 0 aliphatic carbocycles. The average molecular weight is 1180 g/mol. The predicted molar refractivity (Wildman–Crippen MR) is 361 cm³/mol. The van der Waals surface area contributed by atoms with Gasteiger partial charge < -0.3 is 33.3 Å². The first-order chi connectivity index (χ1) is 41.6. The van der Waals surface area contributed by atoms with Crippen LogP contribution in [0.2, 0.25) is 0 Å². The number of unbranched alkanes of at least 4 members (excludes halogenated alkanes) is 19. The standard InChI is InChI=1S/C76H123NO8/c1-6-8-10-12-14-16-18-20-22-24-26-28-30-32-33-34-35-36-37-38-39-40-41-43-44-46-48-50-52-54-56-58-60-62-64-66-73(78)83-70-72(71-84-76(75(80)81)82-69-68-77(3,4)5)85-74(79)67-65-63-61-59-57-55-53-51-49-47-45-42-31-29-27-25-23-21-19-17-15-13-11-9-7-2/h8-11,14-17,20-23,26-29,32-33,35-36,42,45,49,51,55,57,72,76H,6-7,12-13,18-19,24-25,30-31,34,37-41,43-44,46-48,50,52-54,56,58-71H2,1-5H3/b10-8-,11-9-,16-14-,17-15-,22-20-,23-21-,28-26-,29-27-,33-32-,36-35-,45-42-,51-49-,57-55-. The van der Waals surface area contributed by atoms with E-state index in [-0.39, 0.29) is 38.6 Å². The number of carboxylic acid groups (broad SMARTS) is 1. The topological polar surface area (TPSA) is 111 Å². The van der Waals surface area contributed by atoms with Crippen LogP contribution in [0.3, 0.4) is 0 Å². The molecule has 2 atom stereocenters. The van der Waals surface area contributed by atoms with Gasteiger partial charge >= 0.3 is 11.9 Å². The number of nitrogens with zero attached hydrogens (tertiary/aromatic N) is 1. The second-order valence-electron chi connectivity index (χ2n) is 23.0. The van der Waals surface area contributed by atoms with Gasteiger partial charge in [0, 0.05) is 12.8 Å². The van der Waals surface area contributed by atoms with Crippen LogP contribution in [-0.2, 0) is 33.3 Å². The maximum absolute atomic E-state index is 12.9. The minimum absolute atomic E-state index is 0.133. The number of hydrogen-bond donors (Lipinski definition) is 0. The van der Waals surface area contributed by atoms with E-state index >= 15 is 0 Å². The van der Waals surface area contributed by atoms with Crippen molar-refractivity contribution in [2.75, 3.05) is 47.5 Å². The quantitative estimate of drug-likeness (QED) is 0.0195. The lowest BCUT2D eigenvalue weighted by molar-refractivity contribution is -0.870. The zero-order valence-electron chi connectivity index (χ0n) is 54.7. The largest absolute Gasteiger partial charge is 0.545 e. The molecule has 85 heavy (non-hydrogen) atoms. The summed E-state index contributed by atoms with van der Waals surface area (Å²) in [6, 6.07) is 0. The molecule has 0 N–H and O–H groups in total.